The molecule has 0 aliphatic rings. The molecule has 26 heavy (non-hydrogen) atoms. The van der Waals surface area contributed by atoms with Gasteiger partial charge >= 0.3 is 0 Å². The van der Waals surface area contributed by atoms with Crippen LogP contribution in [0.4, 0.5) is 10.1 Å². The normalized spacial score (nSPS) is 11.2. The van der Waals surface area contributed by atoms with E-state index in [1.165, 1.54) is 11.6 Å². The maximum atomic E-state index is 13.3. The summed E-state index contributed by atoms with van der Waals surface area (Å²) in [7, 11) is 1.63. The van der Waals surface area contributed by atoms with E-state index in [9.17, 15) is 9.18 Å². The lowest BCUT2D eigenvalue weighted by molar-refractivity contribution is -0.115. The lowest BCUT2D eigenvalue weighted by atomic mass is 10.1. The molecule has 1 amide bonds. The highest BCUT2D eigenvalue weighted by molar-refractivity contribution is 5.95. The Bertz CT molecular complexity index is 789. The highest BCUT2D eigenvalue weighted by Gasteiger charge is 2.05. The molecular formula is C20H25FN4O. The second kappa shape index (κ2) is 9.56. The molecule has 6 heteroatoms. The summed E-state index contributed by atoms with van der Waals surface area (Å²) in [5, 5.41) is 8.93. The van der Waals surface area contributed by atoms with Gasteiger partial charge in [-0.2, -0.15) is 0 Å². The third-order valence-electron chi connectivity index (χ3n) is 3.94. The highest BCUT2D eigenvalue weighted by atomic mass is 19.1. The molecule has 0 radical (unpaired) electrons. The molecule has 0 unspecified atom stereocenters. The molecule has 0 bridgehead atoms. The predicted molar refractivity (Wildman–Crippen MR) is 104 cm³/mol. The molecule has 2 aromatic carbocycles. The molecular weight excluding hydrogens is 331 g/mol. The number of guanidine groups is 1. The number of nitrogens with one attached hydrogen (secondary N) is 3. The number of carbonyl (C=O) groups is 1. The number of aliphatic imine (C=N–C) groups is 1. The minimum atomic E-state index is -0.222. The van der Waals surface area contributed by atoms with Crippen molar-refractivity contribution < 1.29 is 9.18 Å². The lowest BCUT2D eigenvalue weighted by Gasteiger charge is -2.13. The van der Waals surface area contributed by atoms with Crippen LogP contribution in [-0.4, -0.2) is 25.5 Å². The third-order valence-corrected chi connectivity index (χ3v) is 3.94. The van der Waals surface area contributed by atoms with Crippen molar-refractivity contribution in [1.29, 1.82) is 0 Å². The van der Waals surface area contributed by atoms with Gasteiger partial charge in [0.1, 0.15) is 5.82 Å². The van der Waals surface area contributed by atoms with E-state index in [0.717, 1.165) is 17.7 Å². The number of amides is 1. The van der Waals surface area contributed by atoms with Crippen LogP contribution in [0.3, 0.4) is 0 Å². The third kappa shape index (κ3) is 5.88. The Hall–Kier alpha value is -2.89. The van der Waals surface area contributed by atoms with Crippen LogP contribution in [0.2, 0.25) is 0 Å². The minimum Gasteiger partial charge on any atom is -0.352 e. The van der Waals surface area contributed by atoms with Gasteiger partial charge in [-0.15, -0.1) is 0 Å². The fraction of sp³-hybridized carbons (Fsp3) is 0.300. The molecule has 0 fully saturated rings. The zero-order valence-corrected chi connectivity index (χ0v) is 15.4. The Balaban J connectivity index is 1.82. The predicted octanol–water partition coefficient (Wildman–Crippen LogP) is 3.00. The molecule has 0 atom stereocenters. The molecule has 0 aliphatic carbocycles. The second-order valence-electron chi connectivity index (χ2n) is 5.96. The van der Waals surface area contributed by atoms with E-state index in [1.54, 1.807) is 26.1 Å². The first kappa shape index (κ1) is 19.4. The highest BCUT2D eigenvalue weighted by Crippen LogP contribution is 2.11. The smallest absolute Gasteiger partial charge is 0.243 e. The molecule has 0 spiro atoms. The van der Waals surface area contributed by atoms with Crippen LogP contribution in [0.5, 0.6) is 0 Å². The van der Waals surface area contributed by atoms with Crippen molar-refractivity contribution in [3.63, 3.8) is 0 Å². The summed E-state index contributed by atoms with van der Waals surface area (Å²) in [6, 6.07) is 12.7. The Morgan fingerprint density at radius 3 is 2.62 bits per heavy atom. The lowest BCUT2D eigenvalue weighted by Crippen LogP contribution is -2.41. The maximum absolute atomic E-state index is 13.3. The molecule has 0 saturated heterocycles. The van der Waals surface area contributed by atoms with E-state index < -0.39 is 0 Å². The molecule has 2 rings (SSSR count). The summed E-state index contributed by atoms with van der Waals surface area (Å²) in [5.41, 5.74) is 3.48. The zero-order valence-electron chi connectivity index (χ0n) is 15.4. The van der Waals surface area contributed by atoms with Crippen molar-refractivity contribution in [3.05, 3.63) is 65.0 Å². The zero-order chi connectivity index (χ0) is 18.9. The SMILES string of the molecule is CCc1cccc(NC(=O)CNC(=NC)NCc2ccc(F)c(C)c2)c1. The van der Waals surface area contributed by atoms with Gasteiger partial charge in [-0.3, -0.25) is 9.79 Å². The number of rotatable bonds is 6. The van der Waals surface area contributed by atoms with Crippen LogP contribution in [0.1, 0.15) is 23.6 Å². The van der Waals surface area contributed by atoms with Crippen LogP contribution < -0.4 is 16.0 Å². The number of anilines is 1. The van der Waals surface area contributed by atoms with Gasteiger partial charge in [0.15, 0.2) is 5.96 Å². The molecule has 5 nitrogen and oxygen atoms in total. The van der Waals surface area contributed by atoms with Crippen LogP contribution in [0, 0.1) is 12.7 Å². The summed E-state index contributed by atoms with van der Waals surface area (Å²) in [6.07, 6.45) is 0.918. The Kier molecular flexibility index (Phi) is 7.14. The maximum Gasteiger partial charge on any atom is 0.243 e. The van der Waals surface area contributed by atoms with E-state index >= 15 is 0 Å². The first-order valence-electron chi connectivity index (χ1n) is 8.60. The van der Waals surface area contributed by atoms with Gasteiger partial charge in [0.05, 0.1) is 6.54 Å². The van der Waals surface area contributed by atoms with E-state index in [2.05, 4.69) is 27.9 Å². The molecule has 0 aliphatic heterocycles. The fourth-order valence-corrected chi connectivity index (χ4v) is 2.46. The van der Waals surface area contributed by atoms with Crippen molar-refractivity contribution >= 4 is 17.6 Å². The van der Waals surface area contributed by atoms with Gasteiger partial charge in [-0.25, -0.2) is 4.39 Å². The van der Waals surface area contributed by atoms with Gasteiger partial charge in [0, 0.05) is 19.3 Å². The van der Waals surface area contributed by atoms with Crippen LogP contribution >= 0.6 is 0 Å². The van der Waals surface area contributed by atoms with Crippen LogP contribution in [0.15, 0.2) is 47.5 Å². The number of carbonyl (C=O) groups excluding carboxylic acids is 1. The number of hydrogen-bond donors (Lipinski definition) is 3. The van der Waals surface area contributed by atoms with E-state index in [-0.39, 0.29) is 18.3 Å². The van der Waals surface area contributed by atoms with Crippen molar-refractivity contribution in [2.24, 2.45) is 4.99 Å². The van der Waals surface area contributed by atoms with Crippen LogP contribution in [-0.2, 0) is 17.8 Å². The van der Waals surface area contributed by atoms with Gasteiger partial charge < -0.3 is 16.0 Å². The first-order valence-corrected chi connectivity index (χ1v) is 8.60. The van der Waals surface area contributed by atoms with Crippen molar-refractivity contribution in [2.45, 2.75) is 26.8 Å². The summed E-state index contributed by atoms with van der Waals surface area (Å²) >= 11 is 0. The summed E-state index contributed by atoms with van der Waals surface area (Å²) < 4.78 is 13.3. The van der Waals surface area contributed by atoms with Crippen molar-refractivity contribution in [3.8, 4) is 0 Å². The average molecular weight is 356 g/mol. The summed E-state index contributed by atoms with van der Waals surface area (Å²) in [5.74, 6) is 0.128. The topological polar surface area (TPSA) is 65.5 Å². The number of aryl methyl sites for hydroxylation is 2. The molecule has 3 N–H and O–H groups in total. The van der Waals surface area contributed by atoms with Gasteiger partial charge in [0.2, 0.25) is 5.91 Å². The van der Waals surface area contributed by atoms with Gasteiger partial charge in [0.25, 0.3) is 0 Å². The molecule has 0 heterocycles. The monoisotopic (exact) mass is 356 g/mol. The average Bonchev–Trinajstić information content (AvgIpc) is 2.64. The van der Waals surface area contributed by atoms with E-state index in [4.69, 9.17) is 0 Å². The van der Waals surface area contributed by atoms with E-state index in [1.807, 2.05) is 24.3 Å². The Labute approximate surface area is 153 Å². The second-order valence-corrected chi connectivity index (χ2v) is 5.96. The summed E-state index contributed by atoms with van der Waals surface area (Å²) in [4.78, 5) is 16.2. The fourth-order valence-electron chi connectivity index (χ4n) is 2.46. The Morgan fingerprint density at radius 1 is 1.12 bits per heavy atom. The molecule has 0 saturated carbocycles. The largest absolute Gasteiger partial charge is 0.352 e. The van der Waals surface area contributed by atoms with Crippen molar-refractivity contribution in [2.75, 3.05) is 18.9 Å². The number of benzene rings is 2. The molecule has 2 aromatic rings. The summed E-state index contributed by atoms with van der Waals surface area (Å²) in [6.45, 7) is 4.38. The quantitative estimate of drug-likeness (QED) is 0.551. The van der Waals surface area contributed by atoms with Gasteiger partial charge in [-0.05, 0) is 48.2 Å². The Morgan fingerprint density at radius 2 is 1.92 bits per heavy atom. The van der Waals surface area contributed by atoms with E-state index in [0.29, 0.717) is 18.1 Å². The number of halogens is 1. The molecule has 0 aromatic heterocycles. The standard InChI is InChI=1S/C20H25FN4O/c1-4-15-6-5-7-17(11-15)25-19(26)13-24-20(22-3)23-12-16-8-9-18(21)14(2)10-16/h5-11H,4,12-13H2,1-3H3,(H,25,26)(H2,22,23,24). The van der Waals surface area contributed by atoms with Crippen LogP contribution in [0.25, 0.3) is 0 Å². The number of hydrogen-bond acceptors (Lipinski definition) is 2. The number of nitrogens with zero attached hydrogens (tertiary/aromatic N) is 1. The molecule has 138 valence electrons. The van der Waals surface area contributed by atoms with Gasteiger partial charge in [-0.1, -0.05) is 31.2 Å². The minimum absolute atomic E-state index is 0.0957. The first-order chi connectivity index (χ1) is 12.5. The van der Waals surface area contributed by atoms with Crippen molar-refractivity contribution in [1.82, 2.24) is 10.6 Å².